The highest BCUT2D eigenvalue weighted by Gasteiger charge is 2.13. The van der Waals surface area contributed by atoms with E-state index in [4.69, 9.17) is 4.74 Å². The van der Waals surface area contributed by atoms with Gasteiger partial charge in [-0.15, -0.1) is 10.2 Å². The minimum Gasteiger partial charge on any atom is -0.486 e. The average Bonchev–Trinajstić information content (AvgIpc) is 2.93. The predicted molar refractivity (Wildman–Crippen MR) is 81.3 cm³/mol. The third-order valence-electron chi connectivity index (χ3n) is 2.83. The molecule has 7 heteroatoms. The number of ether oxygens (including phenoxy) is 1. The zero-order valence-electron chi connectivity index (χ0n) is 12.1. The fourth-order valence-electron chi connectivity index (χ4n) is 1.72. The minimum atomic E-state index is -0.0345. The normalized spacial score (nSPS) is 10.4. The molecule has 0 radical (unpaired) electrons. The molecule has 1 amide bonds. The van der Waals surface area contributed by atoms with Gasteiger partial charge in [-0.25, -0.2) is 0 Å². The minimum absolute atomic E-state index is 0.0345. The molecule has 0 saturated carbocycles. The Hall–Kier alpha value is -2.02. The molecule has 2 aromatic rings. The summed E-state index contributed by atoms with van der Waals surface area (Å²) in [6, 6.07) is 9.58. The number of rotatable bonds is 7. The Labute approximate surface area is 127 Å². The van der Waals surface area contributed by atoms with Crippen molar-refractivity contribution >= 4 is 17.7 Å². The van der Waals surface area contributed by atoms with Crippen LogP contribution in [0, 0.1) is 0 Å². The van der Waals surface area contributed by atoms with Crippen molar-refractivity contribution in [2.75, 3.05) is 12.8 Å². The molecule has 0 aliphatic rings. The molecule has 1 aromatic carbocycles. The van der Waals surface area contributed by atoms with Crippen LogP contribution >= 0.6 is 11.8 Å². The lowest BCUT2D eigenvalue weighted by atomic mass is 10.3. The van der Waals surface area contributed by atoms with E-state index in [2.05, 4.69) is 15.5 Å². The fraction of sp³-hybridized carbons (Fsp3) is 0.357. The van der Waals surface area contributed by atoms with Crippen molar-refractivity contribution in [3.05, 3.63) is 36.2 Å². The Morgan fingerprint density at radius 3 is 2.76 bits per heavy atom. The molecule has 1 N–H and O–H groups in total. The van der Waals surface area contributed by atoms with Crippen LogP contribution in [0.1, 0.15) is 12.7 Å². The van der Waals surface area contributed by atoms with Crippen LogP contribution in [0.25, 0.3) is 0 Å². The monoisotopic (exact) mass is 306 g/mol. The van der Waals surface area contributed by atoms with E-state index in [1.54, 1.807) is 7.05 Å². The Morgan fingerprint density at radius 1 is 1.33 bits per heavy atom. The highest BCUT2D eigenvalue weighted by molar-refractivity contribution is 7.99. The molecule has 1 aromatic heterocycles. The maximum Gasteiger partial charge on any atom is 0.230 e. The number of hydrogen-bond donors (Lipinski definition) is 1. The SMILES string of the molecule is CCn1c(COc2ccccc2)nnc1SCC(=O)NC. The van der Waals surface area contributed by atoms with Gasteiger partial charge in [0.25, 0.3) is 0 Å². The Morgan fingerprint density at radius 2 is 2.10 bits per heavy atom. The van der Waals surface area contributed by atoms with Crippen LogP contribution in [0.4, 0.5) is 0 Å². The van der Waals surface area contributed by atoms with Crippen molar-refractivity contribution < 1.29 is 9.53 Å². The van der Waals surface area contributed by atoms with Gasteiger partial charge in [-0.1, -0.05) is 30.0 Å². The van der Waals surface area contributed by atoms with Gasteiger partial charge in [0, 0.05) is 13.6 Å². The lowest BCUT2D eigenvalue weighted by Gasteiger charge is -2.08. The molecule has 0 aliphatic carbocycles. The molecule has 0 fully saturated rings. The maximum atomic E-state index is 11.3. The first kappa shape index (κ1) is 15.4. The Balaban J connectivity index is 2.00. The van der Waals surface area contributed by atoms with Gasteiger partial charge in [-0.3, -0.25) is 4.79 Å². The van der Waals surface area contributed by atoms with Crippen molar-refractivity contribution in [1.82, 2.24) is 20.1 Å². The van der Waals surface area contributed by atoms with E-state index < -0.39 is 0 Å². The second-order valence-electron chi connectivity index (χ2n) is 4.21. The molecule has 6 nitrogen and oxygen atoms in total. The molecule has 0 saturated heterocycles. The molecule has 0 spiro atoms. The molecule has 0 bridgehead atoms. The van der Waals surface area contributed by atoms with Crippen molar-refractivity contribution in [3.8, 4) is 5.75 Å². The van der Waals surface area contributed by atoms with E-state index in [0.29, 0.717) is 12.4 Å². The number of nitrogens with one attached hydrogen (secondary N) is 1. The summed E-state index contributed by atoms with van der Waals surface area (Å²) in [6.45, 7) is 3.10. The van der Waals surface area contributed by atoms with Crippen LogP contribution in [0.3, 0.4) is 0 Å². The third-order valence-corrected chi connectivity index (χ3v) is 3.80. The lowest BCUT2D eigenvalue weighted by molar-refractivity contribution is -0.118. The zero-order valence-corrected chi connectivity index (χ0v) is 12.9. The molecule has 21 heavy (non-hydrogen) atoms. The second kappa shape index (κ2) is 7.68. The van der Waals surface area contributed by atoms with E-state index in [9.17, 15) is 4.79 Å². The second-order valence-corrected chi connectivity index (χ2v) is 5.15. The number of carbonyl (C=O) groups excluding carboxylic acids is 1. The van der Waals surface area contributed by atoms with E-state index in [-0.39, 0.29) is 5.91 Å². The van der Waals surface area contributed by atoms with Crippen molar-refractivity contribution in [2.45, 2.75) is 25.2 Å². The highest BCUT2D eigenvalue weighted by Crippen LogP contribution is 2.18. The maximum absolute atomic E-state index is 11.3. The molecule has 2 rings (SSSR count). The van der Waals surface area contributed by atoms with E-state index >= 15 is 0 Å². The van der Waals surface area contributed by atoms with Crippen LogP contribution in [-0.4, -0.2) is 33.5 Å². The summed E-state index contributed by atoms with van der Waals surface area (Å²) in [5.41, 5.74) is 0. The molecule has 112 valence electrons. The summed E-state index contributed by atoms with van der Waals surface area (Å²) in [5.74, 6) is 1.84. The standard InChI is InChI=1S/C14H18N4O2S/c1-3-18-12(9-20-11-7-5-4-6-8-11)16-17-14(18)21-10-13(19)15-2/h4-8H,3,9-10H2,1-2H3,(H,15,19). The van der Waals surface area contributed by atoms with Gasteiger partial charge in [0.2, 0.25) is 5.91 Å². The first-order valence-corrected chi connectivity index (χ1v) is 7.66. The molecule has 0 aliphatic heterocycles. The first-order valence-electron chi connectivity index (χ1n) is 6.68. The van der Waals surface area contributed by atoms with Gasteiger partial charge in [-0.2, -0.15) is 0 Å². The first-order chi connectivity index (χ1) is 10.2. The van der Waals surface area contributed by atoms with Gasteiger partial charge < -0.3 is 14.6 Å². The molecule has 1 heterocycles. The fourth-order valence-corrected chi connectivity index (χ4v) is 2.61. The number of aromatic nitrogens is 3. The summed E-state index contributed by atoms with van der Waals surface area (Å²) in [5, 5.41) is 11.6. The highest BCUT2D eigenvalue weighted by atomic mass is 32.2. The van der Waals surface area contributed by atoms with Crippen LogP contribution in [-0.2, 0) is 17.9 Å². The van der Waals surface area contributed by atoms with E-state index in [0.717, 1.165) is 23.3 Å². The predicted octanol–water partition coefficient (Wildman–Crippen LogP) is 1.72. The summed E-state index contributed by atoms with van der Waals surface area (Å²) >= 11 is 1.37. The quantitative estimate of drug-likeness (QED) is 0.789. The van der Waals surface area contributed by atoms with Crippen molar-refractivity contribution in [3.63, 3.8) is 0 Å². The summed E-state index contributed by atoms with van der Waals surface area (Å²) < 4.78 is 7.64. The number of nitrogens with zero attached hydrogens (tertiary/aromatic N) is 3. The van der Waals surface area contributed by atoms with Gasteiger partial charge in [0.1, 0.15) is 12.4 Å². The number of benzene rings is 1. The smallest absolute Gasteiger partial charge is 0.230 e. The molecule has 0 unspecified atom stereocenters. The number of thioether (sulfide) groups is 1. The van der Waals surface area contributed by atoms with E-state index in [1.165, 1.54) is 11.8 Å². The van der Waals surface area contributed by atoms with E-state index in [1.807, 2.05) is 41.8 Å². The summed E-state index contributed by atoms with van der Waals surface area (Å²) in [4.78, 5) is 11.3. The van der Waals surface area contributed by atoms with Gasteiger partial charge in [0.15, 0.2) is 11.0 Å². The largest absolute Gasteiger partial charge is 0.486 e. The van der Waals surface area contributed by atoms with Crippen LogP contribution in [0.15, 0.2) is 35.5 Å². The number of amides is 1. The molecule has 0 atom stereocenters. The van der Waals surface area contributed by atoms with Crippen LogP contribution < -0.4 is 10.1 Å². The molecular formula is C14H18N4O2S. The van der Waals surface area contributed by atoms with Crippen LogP contribution in [0.2, 0.25) is 0 Å². The van der Waals surface area contributed by atoms with Gasteiger partial charge in [-0.05, 0) is 19.1 Å². The third kappa shape index (κ3) is 4.22. The topological polar surface area (TPSA) is 69.0 Å². The number of hydrogen-bond acceptors (Lipinski definition) is 5. The van der Waals surface area contributed by atoms with Gasteiger partial charge in [0.05, 0.1) is 5.75 Å². The van der Waals surface area contributed by atoms with Gasteiger partial charge >= 0.3 is 0 Å². The van der Waals surface area contributed by atoms with Crippen molar-refractivity contribution in [1.29, 1.82) is 0 Å². The van der Waals surface area contributed by atoms with Crippen LogP contribution in [0.5, 0.6) is 5.75 Å². The average molecular weight is 306 g/mol. The lowest BCUT2D eigenvalue weighted by Crippen LogP contribution is -2.20. The number of carbonyl (C=O) groups is 1. The number of para-hydroxylation sites is 1. The van der Waals surface area contributed by atoms with Crippen molar-refractivity contribution in [2.24, 2.45) is 0 Å². The Bertz CT molecular complexity index is 586. The summed E-state index contributed by atoms with van der Waals surface area (Å²) in [6.07, 6.45) is 0. The Kier molecular flexibility index (Phi) is 5.62. The molecular weight excluding hydrogens is 288 g/mol. The zero-order chi connectivity index (χ0) is 15.1. The summed E-state index contributed by atoms with van der Waals surface area (Å²) in [7, 11) is 1.62.